The molecule has 0 aliphatic heterocycles. The van der Waals surface area contributed by atoms with Gasteiger partial charge in [-0.05, 0) is 31.5 Å². The van der Waals surface area contributed by atoms with Crippen molar-refractivity contribution in [3.63, 3.8) is 0 Å². The zero-order valence-corrected chi connectivity index (χ0v) is 13.2. The molecule has 7 nitrogen and oxygen atoms in total. The number of hydrogen-bond donors (Lipinski definition) is 1. The van der Waals surface area contributed by atoms with Crippen LogP contribution >= 0.6 is 11.8 Å². The number of aryl methyl sites for hydroxylation is 1. The van der Waals surface area contributed by atoms with Gasteiger partial charge in [-0.2, -0.15) is 9.77 Å². The van der Waals surface area contributed by atoms with Crippen LogP contribution in [0.1, 0.15) is 12.5 Å². The fourth-order valence-corrected chi connectivity index (χ4v) is 2.68. The number of anilines is 1. The SMILES string of the molecule is CCN(C(=O)CSc1nncc(=O)n1N)c1cccc(C)c1. The lowest BCUT2D eigenvalue weighted by Gasteiger charge is -2.21. The van der Waals surface area contributed by atoms with Crippen LogP contribution in [0.2, 0.25) is 0 Å². The van der Waals surface area contributed by atoms with E-state index in [4.69, 9.17) is 5.84 Å². The van der Waals surface area contributed by atoms with Crippen LogP contribution in [0.15, 0.2) is 40.4 Å². The Labute approximate surface area is 132 Å². The summed E-state index contributed by atoms with van der Waals surface area (Å²) >= 11 is 1.09. The number of hydrogen-bond acceptors (Lipinski definition) is 6. The number of nitrogen functional groups attached to an aromatic ring is 1. The van der Waals surface area contributed by atoms with E-state index in [0.717, 1.165) is 33.9 Å². The number of amides is 1. The fraction of sp³-hybridized carbons (Fsp3) is 0.286. The van der Waals surface area contributed by atoms with Crippen LogP contribution in [0.4, 0.5) is 5.69 Å². The molecule has 0 saturated heterocycles. The topological polar surface area (TPSA) is 94.1 Å². The predicted octanol–water partition coefficient (Wildman–Crippen LogP) is 0.806. The van der Waals surface area contributed by atoms with Crippen molar-refractivity contribution < 1.29 is 4.79 Å². The molecule has 0 aliphatic rings. The van der Waals surface area contributed by atoms with Crippen molar-refractivity contribution in [2.24, 2.45) is 0 Å². The Balaban J connectivity index is 2.10. The van der Waals surface area contributed by atoms with Crippen molar-refractivity contribution in [1.82, 2.24) is 14.9 Å². The third-order valence-electron chi connectivity index (χ3n) is 3.01. The van der Waals surface area contributed by atoms with Gasteiger partial charge in [0.1, 0.15) is 6.20 Å². The first kappa shape index (κ1) is 16.0. The van der Waals surface area contributed by atoms with Crippen molar-refractivity contribution in [2.45, 2.75) is 19.0 Å². The Bertz CT molecular complexity index is 731. The van der Waals surface area contributed by atoms with Crippen molar-refractivity contribution in [3.05, 3.63) is 46.4 Å². The third-order valence-corrected chi connectivity index (χ3v) is 3.94. The maximum Gasteiger partial charge on any atom is 0.291 e. The Morgan fingerprint density at radius 1 is 1.45 bits per heavy atom. The van der Waals surface area contributed by atoms with Gasteiger partial charge in [-0.25, -0.2) is 0 Å². The smallest absolute Gasteiger partial charge is 0.291 e. The van der Waals surface area contributed by atoms with Gasteiger partial charge in [0.05, 0.1) is 5.75 Å². The number of benzene rings is 1. The van der Waals surface area contributed by atoms with Gasteiger partial charge in [-0.3, -0.25) is 9.59 Å². The second-order valence-electron chi connectivity index (χ2n) is 4.60. The Morgan fingerprint density at radius 3 is 2.91 bits per heavy atom. The summed E-state index contributed by atoms with van der Waals surface area (Å²) in [5.74, 6) is 5.60. The average molecular weight is 319 g/mol. The molecule has 0 radical (unpaired) electrons. The number of carbonyl (C=O) groups is 1. The van der Waals surface area contributed by atoms with Gasteiger partial charge < -0.3 is 10.7 Å². The normalized spacial score (nSPS) is 10.5. The van der Waals surface area contributed by atoms with E-state index < -0.39 is 5.56 Å². The first-order chi connectivity index (χ1) is 10.5. The molecule has 0 unspecified atom stereocenters. The minimum atomic E-state index is -0.462. The van der Waals surface area contributed by atoms with E-state index in [1.165, 1.54) is 0 Å². The Kier molecular flexibility index (Phi) is 5.16. The molecule has 2 rings (SSSR count). The van der Waals surface area contributed by atoms with Crippen LogP contribution in [0.5, 0.6) is 0 Å². The Morgan fingerprint density at radius 2 is 2.23 bits per heavy atom. The molecule has 8 heteroatoms. The van der Waals surface area contributed by atoms with E-state index in [1.54, 1.807) is 4.90 Å². The quantitative estimate of drug-likeness (QED) is 0.647. The van der Waals surface area contributed by atoms with E-state index in [1.807, 2.05) is 38.1 Å². The molecule has 0 bridgehead atoms. The molecular formula is C14H17N5O2S. The first-order valence-electron chi connectivity index (χ1n) is 6.72. The molecule has 116 valence electrons. The van der Waals surface area contributed by atoms with E-state index in [2.05, 4.69) is 10.2 Å². The molecule has 22 heavy (non-hydrogen) atoms. The van der Waals surface area contributed by atoms with Crippen molar-refractivity contribution in [2.75, 3.05) is 23.0 Å². The molecular weight excluding hydrogens is 302 g/mol. The van der Waals surface area contributed by atoms with Gasteiger partial charge in [-0.15, -0.1) is 5.10 Å². The zero-order chi connectivity index (χ0) is 16.1. The first-order valence-corrected chi connectivity index (χ1v) is 7.71. The summed E-state index contributed by atoms with van der Waals surface area (Å²) in [4.78, 5) is 25.4. The second-order valence-corrected chi connectivity index (χ2v) is 5.54. The van der Waals surface area contributed by atoms with Crippen molar-refractivity contribution in [3.8, 4) is 0 Å². The summed E-state index contributed by atoms with van der Waals surface area (Å²) in [6, 6.07) is 7.73. The number of rotatable bonds is 5. The molecule has 1 heterocycles. The number of nitrogens with two attached hydrogens (primary N) is 1. The molecule has 0 aliphatic carbocycles. The highest BCUT2D eigenvalue weighted by Gasteiger charge is 2.16. The maximum atomic E-state index is 12.4. The van der Waals surface area contributed by atoms with Crippen molar-refractivity contribution >= 4 is 23.4 Å². The van der Waals surface area contributed by atoms with E-state index in [0.29, 0.717) is 6.54 Å². The Hall–Kier alpha value is -2.35. The van der Waals surface area contributed by atoms with Crippen LogP contribution in [0.3, 0.4) is 0 Å². The van der Waals surface area contributed by atoms with Crippen molar-refractivity contribution in [1.29, 1.82) is 0 Å². The van der Waals surface area contributed by atoms with Gasteiger partial charge in [0.25, 0.3) is 5.56 Å². The molecule has 0 atom stereocenters. The van der Waals surface area contributed by atoms with Crippen LogP contribution < -0.4 is 16.3 Å². The second kappa shape index (κ2) is 7.08. The molecule has 0 saturated carbocycles. The fourth-order valence-electron chi connectivity index (χ4n) is 1.93. The number of thioether (sulfide) groups is 1. The predicted molar refractivity (Wildman–Crippen MR) is 86.4 cm³/mol. The van der Waals surface area contributed by atoms with Gasteiger partial charge >= 0.3 is 0 Å². The summed E-state index contributed by atoms with van der Waals surface area (Å²) in [5.41, 5.74) is 1.47. The molecule has 1 aromatic heterocycles. The van der Waals surface area contributed by atoms with Gasteiger partial charge in [0.15, 0.2) is 0 Å². The average Bonchev–Trinajstić information content (AvgIpc) is 2.49. The van der Waals surface area contributed by atoms with Crippen LogP contribution in [-0.4, -0.2) is 33.1 Å². The van der Waals surface area contributed by atoms with Crippen LogP contribution in [-0.2, 0) is 4.79 Å². The lowest BCUT2D eigenvalue weighted by atomic mass is 10.2. The zero-order valence-electron chi connectivity index (χ0n) is 12.4. The van der Waals surface area contributed by atoms with Crippen LogP contribution in [0, 0.1) is 6.92 Å². The summed E-state index contributed by atoms with van der Waals surface area (Å²) in [6.45, 7) is 4.44. The highest BCUT2D eigenvalue weighted by molar-refractivity contribution is 7.99. The molecule has 0 fully saturated rings. The summed E-state index contributed by atoms with van der Waals surface area (Å²) < 4.78 is 0.883. The van der Waals surface area contributed by atoms with Gasteiger partial charge in [-0.1, -0.05) is 23.9 Å². The number of aromatic nitrogens is 3. The van der Waals surface area contributed by atoms with Crippen LogP contribution in [0.25, 0.3) is 0 Å². The molecule has 0 spiro atoms. The number of nitrogens with zero attached hydrogens (tertiary/aromatic N) is 4. The minimum Gasteiger partial charge on any atom is -0.334 e. The third kappa shape index (κ3) is 3.64. The standard InChI is InChI=1S/C14H17N5O2S/c1-3-18(11-6-4-5-10(2)7-11)13(21)9-22-14-17-16-8-12(20)19(14)15/h4-8H,3,9,15H2,1-2H3. The molecule has 2 N–H and O–H groups in total. The van der Waals surface area contributed by atoms with E-state index in [-0.39, 0.29) is 16.8 Å². The highest BCUT2D eigenvalue weighted by Crippen LogP contribution is 2.18. The largest absolute Gasteiger partial charge is 0.334 e. The summed E-state index contributed by atoms with van der Waals surface area (Å²) in [6.07, 6.45) is 1.02. The maximum absolute atomic E-state index is 12.4. The molecule has 2 aromatic rings. The highest BCUT2D eigenvalue weighted by atomic mass is 32.2. The minimum absolute atomic E-state index is 0.0868. The van der Waals surface area contributed by atoms with E-state index in [9.17, 15) is 9.59 Å². The molecule has 1 aromatic carbocycles. The number of carbonyl (C=O) groups excluding carboxylic acids is 1. The summed E-state index contributed by atoms with van der Waals surface area (Å²) in [7, 11) is 0. The van der Waals surface area contributed by atoms with Gasteiger partial charge in [0, 0.05) is 12.2 Å². The van der Waals surface area contributed by atoms with Gasteiger partial charge in [0.2, 0.25) is 11.1 Å². The molecule has 1 amide bonds. The lowest BCUT2D eigenvalue weighted by Crippen LogP contribution is -2.33. The van der Waals surface area contributed by atoms with E-state index >= 15 is 0 Å². The lowest BCUT2D eigenvalue weighted by molar-refractivity contribution is -0.116. The summed E-state index contributed by atoms with van der Waals surface area (Å²) in [5, 5.41) is 7.52. The monoisotopic (exact) mass is 319 g/mol.